The zero-order valence-corrected chi connectivity index (χ0v) is 15.2. The number of pyridine rings is 1. The van der Waals surface area contributed by atoms with Gasteiger partial charge >= 0.3 is 0 Å². The lowest BCUT2D eigenvalue weighted by Gasteiger charge is -2.28. The highest BCUT2D eigenvalue weighted by Crippen LogP contribution is 2.25. The number of fused-ring (bicyclic) bond motifs is 1. The van der Waals surface area contributed by atoms with Gasteiger partial charge in [0.25, 0.3) is 5.91 Å². The van der Waals surface area contributed by atoms with Crippen molar-refractivity contribution in [2.75, 3.05) is 41.8 Å². The molecule has 1 fully saturated rings. The van der Waals surface area contributed by atoms with Gasteiger partial charge in [-0.3, -0.25) is 4.79 Å². The summed E-state index contributed by atoms with van der Waals surface area (Å²) in [6.07, 6.45) is 0. The van der Waals surface area contributed by atoms with Crippen LogP contribution < -0.4 is 26.8 Å². The topological polar surface area (TPSA) is 101 Å². The minimum atomic E-state index is -0.518. The Hall–Kier alpha value is -3.23. The lowest BCUT2D eigenvalue weighted by molar-refractivity contribution is 0.0987. The van der Waals surface area contributed by atoms with Crippen LogP contribution in [0.5, 0.6) is 0 Å². The predicted octanol–water partition coefficient (Wildman–Crippen LogP) is 1.89. The molecule has 2 heterocycles. The summed E-state index contributed by atoms with van der Waals surface area (Å²) in [5, 5.41) is 5.00. The lowest BCUT2D eigenvalue weighted by atomic mass is 10.1. The molecule has 0 saturated carbocycles. The van der Waals surface area contributed by atoms with E-state index < -0.39 is 11.7 Å². The smallest absolute Gasteiger partial charge is 0.272 e. The van der Waals surface area contributed by atoms with Crippen LogP contribution in [0.15, 0.2) is 48.5 Å². The SMILES string of the molecule is Nc1ccc(F)cc1N(N)C(=O)c1ccc2nc(N3CCNCC3)ccc2c1. The Morgan fingerprint density at radius 3 is 2.68 bits per heavy atom. The number of nitrogen functional groups attached to an aromatic ring is 1. The van der Waals surface area contributed by atoms with E-state index in [9.17, 15) is 9.18 Å². The fourth-order valence-electron chi connectivity index (χ4n) is 3.29. The summed E-state index contributed by atoms with van der Waals surface area (Å²) < 4.78 is 13.5. The molecule has 0 bridgehead atoms. The third kappa shape index (κ3) is 3.47. The highest BCUT2D eigenvalue weighted by Gasteiger charge is 2.18. The molecule has 8 heteroatoms. The molecule has 1 amide bonds. The van der Waals surface area contributed by atoms with Crippen molar-refractivity contribution >= 4 is 34.0 Å². The molecular weight excluding hydrogens is 359 g/mol. The highest BCUT2D eigenvalue weighted by atomic mass is 19.1. The number of aromatic nitrogens is 1. The molecule has 5 N–H and O–H groups in total. The summed E-state index contributed by atoms with van der Waals surface area (Å²) in [5.74, 6) is 5.83. The summed E-state index contributed by atoms with van der Waals surface area (Å²) in [5.41, 5.74) is 7.33. The van der Waals surface area contributed by atoms with Crippen molar-refractivity contribution in [3.05, 3.63) is 59.9 Å². The minimum absolute atomic E-state index is 0.122. The number of hydrogen-bond acceptors (Lipinski definition) is 6. The first-order chi connectivity index (χ1) is 13.5. The summed E-state index contributed by atoms with van der Waals surface area (Å²) in [7, 11) is 0. The average Bonchev–Trinajstić information content (AvgIpc) is 2.74. The summed E-state index contributed by atoms with van der Waals surface area (Å²) in [6.45, 7) is 3.68. The first-order valence-electron chi connectivity index (χ1n) is 9.03. The normalized spacial score (nSPS) is 14.3. The Labute approximate surface area is 161 Å². The first-order valence-corrected chi connectivity index (χ1v) is 9.03. The third-order valence-electron chi connectivity index (χ3n) is 4.83. The number of amides is 1. The third-order valence-corrected chi connectivity index (χ3v) is 4.83. The Kier molecular flexibility index (Phi) is 4.81. The van der Waals surface area contributed by atoms with Crippen LogP contribution >= 0.6 is 0 Å². The molecule has 144 valence electrons. The van der Waals surface area contributed by atoms with Crippen LogP contribution in [-0.2, 0) is 0 Å². The number of halogens is 1. The number of rotatable bonds is 3. The van der Waals surface area contributed by atoms with E-state index in [-0.39, 0.29) is 11.4 Å². The standard InChI is InChI=1S/C20H21FN6O/c21-15-3-4-16(22)18(12-15)27(23)20(28)14-1-5-17-13(11-14)2-6-19(25-17)26-9-7-24-8-10-26/h1-6,11-12,24H,7-10,22-23H2. The Morgan fingerprint density at radius 2 is 1.89 bits per heavy atom. The molecule has 0 unspecified atom stereocenters. The number of carbonyl (C=O) groups excluding carboxylic acids is 1. The fraction of sp³-hybridized carbons (Fsp3) is 0.200. The van der Waals surface area contributed by atoms with Gasteiger partial charge in [-0.1, -0.05) is 0 Å². The zero-order valence-electron chi connectivity index (χ0n) is 15.2. The fourth-order valence-corrected chi connectivity index (χ4v) is 3.29. The average molecular weight is 380 g/mol. The molecule has 1 aliphatic rings. The van der Waals surface area contributed by atoms with E-state index >= 15 is 0 Å². The van der Waals surface area contributed by atoms with Crippen LogP contribution in [0.1, 0.15) is 10.4 Å². The molecule has 4 rings (SSSR count). The van der Waals surface area contributed by atoms with Crippen molar-refractivity contribution in [2.45, 2.75) is 0 Å². The second kappa shape index (κ2) is 7.41. The van der Waals surface area contributed by atoms with Crippen LogP contribution in [0.25, 0.3) is 10.9 Å². The van der Waals surface area contributed by atoms with Gasteiger partial charge in [-0.25, -0.2) is 20.2 Å². The lowest BCUT2D eigenvalue weighted by Crippen LogP contribution is -2.43. The summed E-state index contributed by atoms with van der Waals surface area (Å²) in [4.78, 5) is 19.7. The van der Waals surface area contributed by atoms with Gasteiger partial charge in [0.05, 0.1) is 16.9 Å². The van der Waals surface area contributed by atoms with Crippen LogP contribution in [-0.4, -0.2) is 37.1 Å². The van der Waals surface area contributed by atoms with Crippen molar-refractivity contribution < 1.29 is 9.18 Å². The van der Waals surface area contributed by atoms with Crippen molar-refractivity contribution in [2.24, 2.45) is 5.84 Å². The van der Waals surface area contributed by atoms with E-state index in [2.05, 4.69) is 10.2 Å². The number of anilines is 3. The second-order valence-corrected chi connectivity index (χ2v) is 6.69. The van der Waals surface area contributed by atoms with Gasteiger partial charge in [0.15, 0.2) is 0 Å². The molecule has 0 aliphatic carbocycles. The van der Waals surface area contributed by atoms with Crippen LogP contribution in [0, 0.1) is 5.82 Å². The predicted molar refractivity (Wildman–Crippen MR) is 109 cm³/mol. The highest BCUT2D eigenvalue weighted by molar-refractivity contribution is 6.08. The molecule has 0 radical (unpaired) electrons. The maximum atomic E-state index is 13.5. The Balaban J connectivity index is 1.61. The van der Waals surface area contributed by atoms with Gasteiger partial charge < -0.3 is 16.0 Å². The van der Waals surface area contributed by atoms with Gasteiger partial charge in [0, 0.05) is 43.2 Å². The van der Waals surface area contributed by atoms with E-state index in [1.807, 2.05) is 12.1 Å². The van der Waals surface area contributed by atoms with Crippen molar-refractivity contribution in [3.8, 4) is 0 Å². The number of hydrogen-bond donors (Lipinski definition) is 3. The van der Waals surface area contributed by atoms with E-state index in [0.717, 1.165) is 54.0 Å². The second-order valence-electron chi connectivity index (χ2n) is 6.69. The summed E-state index contributed by atoms with van der Waals surface area (Å²) >= 11 is 0. The number of hydrazine groups is 1. The van der Waals surface area contributed by atoms with Crippen LogP contribution in [0.2, 0.25) is 0 Å². The molecule has 1 aliphatic heterocycles. The number of nitrogens with one attached hydrogen (secondary N) is 1. The molecule has 7 nitrogen and oxygen atoms in total. The van der Waals surface area contributed by atoms with E-state index in [0.29, 0.717) is 5.56 Å². The van der Waals surface area contributed by atoms with Gasteiger partial charge in [-0.15, -0.1) is 0 Å². The van der Waals surface area contributed by atoms with Crippen molar-refractivity contribution in [3.63, 3.8) is 0 Å². The maximum Gasteiger partial charge on any atom is 0.272 e. The maximum absolute atomic E-state index is 13.5. The largest absolute Gasteiger partial charge is 0.397 e. The van der Waals surface area contributed by atoms with Gasteiger partial charge in [0.1, 0.15) is 11.6 Å². The van der Waals surface area contributed by atoms with Gasteiger partial charge in [-0.05, 0) is 42.5 Å². The number of nitrogens with zero attached hydrogens (tertiary/aromatic N) is 3. The molecule has 28 heavy (non-hydrogen) atoms. The molecule has 2 aromatic carbocycles. The van der Waals surface area contributed by atoms with Crippen molar-refractivity contribution in [1.82, 2.24) is 10.3 Å². The zero-order chi connectivity index (χ0) is 19.7. The molecule has 0 spiro atoms. The minimum Gasteiger partial charge on any atom is -0.397 e. The first kappa shape index (κ1) is 18.1. The molecule has 1 aromatic heterocycles. The van der Waals surface area contributed by atoms with Crippen LogP contribution in [0.4, 0.5) is 21.6 Å². The van der Waals surface area contributed by atoms with Gasteiger partial charge in [0.2, 0.25) is 0 Å². The number of piperazine rings is 1. The Bertz CT molecular complexity index is 1030. The molecule has 1 saturated heterocycles. The molecule has 3 aromatic rings. The molecular formula is C20H21FN6O. The van der Waals surface area contributed by atoms with E-state index in [1.165, 1.54) is 12.1 Å². The van der Waals surface area contributed by atoms with E-state index in [4.69, 9.17) is 16.6 Å². The van der Waals surface area contributed by atoms with Crippen molar-refractivity contribution in [1.29, 1.82) is 0 Å². The van der Waals surface area contributed by atoms with E-state index in [1.54, 1.807) is 18.2 Å². The van der Waals surface area contributed by atoms with Crippen LogP contribution in [0.3, 0.4) is 0 Å². The number of carbonyl (C=O) groups is 1. The Morgan fingerprint density at radius 1 is 1.11 bits per heavy atom. The molecule has 0 atom stereocenters. The van der Waals surface area contributed by atoms with Gasteiger partial charge in [-0.2, -0.15) is 0 Å². The number of nitrogens with two attached hydrogens (primary N) is 2. The quantitative estimate of drug-likeness (QED) is 0.278. The monoisotopic (exact) mass is 380 g/mol. The summed E-state index contributed by atoms with van der Waals surface area (Å²) in [6, 6.07) is 12.8. The number of benzene rings is 2.